The summed E-state index contributed by atoms with van der Waals surface area (Å²) in [6.45, 7) is 7.39. The Morgan fingerprint density at radius 3 is 2.50 bits per heavy atom. The van der Waals surface area contributed by atoms with Crippen LogP contribution in [-0.2, 0) is 19.1 Å². The fraction of sp³-hybridized carbons (Fsp3) is 0.706. The summed E-state index contributed by atoms with van der Waals surface area (Å²) in [5, 5.41) is 17.4. The maximum Gasteiger partial charge on any atom is 0.333 e. The number of oxime groups is 1. The molecule has 0 unspecified atom stereocenters. The number of ether oxygens (including phenoxy) is 2. The first-order valence-corrected chi connectivity index (χ1v) is 8.90. The first-order chi connectivity index (χ1) is 12.4. The minimum atomic E-state index is -0.555. The van der Waals surface area contributed by atoms with Crippen LogP contribution in [0.3, 0.4) is 0 Å². The van der Waals surface area contributed by atoms with Gasteiger partial charge in [0.05, 0.1) is 30.9 Å². The third-order valence-corrected chi connectivity index (χ3v) is 4.20. The smallest absolute Gasteiger partial charge is 0.333 e. The molecule has 9 nitrogen and oxygen atoms in total. The number of guanidine groups is 1. The van der Waals surface area contributed by atoms with Gasteiger partial charge in [0.1, 0.15) is 0 Å². The summed E-state index contributed by atoms with van der Waals surface area (Å²) in [7, 11) is 0. The summed E-state index contributed by atoms with van der Waals surface area (Å²) in [5.74, 6) is -0.901. The number of nitrogens with zero attached hydrogens (tertiary/aromatic N) is 1. The molecular weight excluding hydrogens is 340 g/mol. The van der Waals surface area contributed by atoms with Gasteiger partial charge < -0.3 is 31.0 Å². The van der Waals surface area contributed by atoms with Gasteiger partial charge in [-0.15, -0.1) is 0 Å². The Bertz CT molecular complexity index is 545. The molecule has 1 rings (SSSR count). The van der Waals surface area contributed by atoms with E-state index < -0.39 is 24.2 Å². The van der Waals surface area contributed by atoms with E-state index in [4.69, 9.17) is 20.4 Å². The Labute approximate surface area is 154 Å². The molecule has 1 amide bonds. The monoisotopic (exact) mass is 370 g/mol. The first-order valence-electron chi connectivity index (χ1n) is 8.90. The van der Waals surface area contributed by atoms with E-state index in [-0.39, 0.29) is 31.0 Å². The summed E-state index contributed by atoms with van der Waals surface area (Å²) >= 11 is 0. The highest BCUT2D eigenvalue weighted by atomic mass is 16.5. The van der Waals surface area contributed by atoms with E-state index in [0.29, 0.717) is 5.57 Å². The molecule has 0 heterocycles. The lowest BCUT2D eigenvalue weighted by atomic mass is 9.87. The van der Waals surface area contributed by atoms with E-state index >= 15 is 0 Å². The van der Waals surface area contributed by atoms with Gasteiger partial charge >= 0.3 is 5.97 Å². The van der Waals surface area contributed by atoms with Crippen molar-refractivity contribution in [2.75, 3.05) is 6.61 Å². The van der Waals surface area contributed by atoms with Gasteiger partial charge in [-0.3, -0.25) is 4.79 Å². The van der Waals surface area contributed by atoms with Crippen molar-refractivity contribution in [2.24, 2.45) is 10.9 Å². The Balaban J connectivity index is 3.21. The molecule has 9 heteroatoms. The Morgan fingerprint density at radius 2 is 2.00 bits per heavy atom. The van der Waals surface area contributed by atoms with Crippen LogP contribution in [0.25, 0.3) is 0 Å². The zero-order valence-electron chi connectivity index (χ0n) is 15.8. The summed E-state index contributed by atoms with van der Waals surface area (Å²) < 4.78 is 11.2. The fourth-order valence-electron chi connectivity index (χ4n) is 2.94. The maximum atomic E-state index is 12.2. The topological polar surface area (TPSA) is 135 Å². The van der Waals surface area contributed by atoms with Gasteiger partial charge in [0.2, 0.25) is 11.9 Å². The number of nitrogens with one attached hydrogen (secondary N) is 2. The molecule has 0 fully saturated rings. The van der Waals surface area contributed by atoms with Crippen LogP contribution >= 0.6 is 0 Å². The van der Waals surface area contributed by atoms with E-state index in [2.05, 4.69) is 15.8 Å². The molecule has 0 radical (unpaired) electrons. The number of hydrogen-bond acceptors (Lipinski definition) is 6. The molecule has 0 spiro atoms. The lowest BCUT2D eigenvalue weighted by molar-refractivity contribution is -0.139. The van der Waals surface area contributed by atoms with Gasteiger partial charge in [-0.25, -0.2) is 4.79 Å². The van der Waals surface area contributed by atoms with Crippen molar-refractivity contribution in [3.8, 4) is 0 Å². The van der Waals surface area contributed by atoms with Crippen LogP contribution in [0.4, 0.5) is 0 Å². The van der Waals surface area contributed by atoms with Gasteiger partial charge in [0.25, 0.3) is 0 Å². The van der Waals surface area contributed by atoms with Gasteiger partial charge in [-0.1, -0.05) is 19.0 Å². The minimum Gasteiger partial charge on any atom is -0.463 e. The quantitative estimate of drug-likeness (QED) is 0.162. The molecule has 5 N–H and O–H groups in total. The number of rotatable bonds is 8. The van der Waals surface area contributed by atoms with E-state index in [1.807, 2.05) is 13.8 Å². The Morgan fingerprint density at radius 1 is 1.35 bits per heavy atom. The van der Waals surface area contributed by atoms with Crippen molar-refractivity contribution in [1.29, 1.82) is 0 Å². The highest BCUT2D eigenvalue weighted by molar-refractivity contribution is 5.89. The van der Waals surface area contributed by atoms with Crippen LogP contribution < -0.4 is 16.4 Å². The van der Waals surface area contributed by atoms with Crippen LogP contribution in [0.2, 0.25) is 0 Å². The first kappa shape index (κ1) is 21.8. The van der Waals surface area contributed by atoms with Gasteiger partial charge in [-0.2, -0.15) is 0 Å². The molecule has 1 aliphatic rings. The van der Waals surface area contributed by atoms with Gasteiger partial charge in [-0.05, 0) is 25.8 Å². The molecule has 0 aromatic heterocycles. The third kappa shape index (κ3) is 6.21. The van der Waals surface area contributed by atoms with E-state index in [0.717, 1.165) is 12.8 Å². The number of carbonyl (C=O) groups excluding carboxylic acids is 2. The predicted octanol–water partition coefficient (Wildman–Crippen LogP) is 0.620. The molecule has 0 bridgehead atoms. The molecule has 0 saturated carbocycles. The summed E-state index contributed by atoms with van der Waals surface area (Å²) in [4.78, 5) is 23.9. The number of esters is 1. The lowest BCUT2D eigenvalue weighted by Crippen LogP contribution is -2.60. The molecule has 0 saturated heterocycles. The molecule has 148 valence electrons. The summed E-state index contributed by atoms with van der Waals surface area (Å²) in [5.41, 5.74) is 6.00. The largest absolute Gasteiger partial charge is 0.463 e. The highest BCUT2D eigenvalue weighted by Gasteiger charge is 2.38. The Kier molecular flexibility index (Phi) is 8.91. The zero-order chi connectivity index (χ0) is 19.7. The normalized spacial score (nSPS) is 23.3. The van der Waals surface area contributed by atoms with Crippen LogP contribution in [-0.4, -0.2) is 53.9 Å². The maximum absolute atomic E-state index is 12.2. The van der Waals surface area contributed by atoms with Crippen LogP contribution in [0, 0.1) is 0 Å². The van der Waals surface area contributed by atoms with Crippen molar-refractivity contribution < 1.29 is 24.3 Å². The molecule has 0 aromatic rings. The number of carbonyl (C=O) groups is 2. The highest BCUT2D eigenvalue weighted by Crippen LogP contribution is 2.25. The fourth-order valence-corrected chi connectivity index (χ4v) is 2.94. The second-order valence-corrected chi connectivity index (χ2v) is 6.12. The van der Waals surface area contributed by atoms with Gasteiger partial charge in [0, 0.05) is 18.9 Å². The van der Waals surface area contributed by atoms with E-state index in [1.165, 1.54) is 6.92 Å². The van der Waals surface area contributed by atoms with Crippen molar-refractivity contribution in [3.05, 3.63) is 11.6 Å². The van der Waals surface area contributed by atoms with Crippen molar-refractivity contribution in [3.63, 3.8) is 0 Å². The van der Waals surface area contributed by atoms with E-state index in [9.17, 15) is 9.59 Å². The summed E-state index contributed by atoms with van der Waals surface area (Å²) in [6, 6.07) is -0.995. The summed E-state index contributed by atoms with van der Waals surface area (Å²) in [6.07, 6.45) is 2.94. The predicted molar refractivity (Wildman–Crippen MR) is 96.5 cm³/mol. The molecule has 26 heavy (non-hydrogen) atoms. The average molecular weight is 370 g/mol. The zero-order valence-corrected chi connectivity index (χ0v) is 15.8. The number of nitrogens with two attached hydrogens (primary N) is 1. The minimum absolute atomic E-state index is 0.0291. The molecule has 0 aromatic carbocycles. The third-order valence-electron chi connectivity index (χ3n) is 4.20. The second-order valence-electron chi connectivity index (χ2n) is 6.12. The van der Waals surface area contributed by atoms with Gasteiger partial charge in [0.15, 0.2) is 0 Å². The molecule has 0 aliphatic heterocycles. The Hall–Kier alpha value is -2.29. The SMILES string of the molecule is CCOC(=O)C1=C[C@@H](OC(CC)CC)[C@H](NC(C)=O)[C@@H](NC(N)=NO)C1. The number of amides is 1. The molecule has 3 atom stereocenters. The van der Waals surface area contributed by atoms with Crippen LogP contribution in [0.15, 0.2) is 16.8 Å². The van der Waals surface area contributed by atoms with Crippen LogP contribution in [0.5, 0.6) is 0 Å². The second kappa shape index (κ2) is 10.6. The van der Waals surface area contributed by atoms with Crippen molar-refractivity contribution in [2.45, 2.75) is 71.2 Å². The lowest BCUT2D eigenvalue weighted by Gasteiger charge is -2.38. The van der Waals surface area contributed by atoms with Crippen molar-refractivity contribution in [1.82, 2.24) is 10.6 Å². The van der Waals surface area contributed by atoms with Crippen LogP contribution in [0.1, 0.15) is 47.0 Å². The molecule has 1 aliphatic carbocycles. The van der Waals surface area contributed by atoms with E-state index in [1.54, 1.807) is 13.0 Å². The average Bonchev–Trinajstić information content (AvgIpc) is 2.61. The van der Waals surface area contributed by atoms with Crippen molar-refractivity contribution >= 4 is 17.8 Å². The standard InChI is InChI=1S/C17H30N4O5/c1-5-12(6-2)26-14-9-11(16(23)25-7-3)8-13(20-17(18)21-24)15(14)19-10(4)22/h9,12-15,24H,5-8H2,1-4H3,(H,19,22)(H3,18,20,21)/t13-,14+,15+/m0/s1. The number of hydrogen-bond donors (Lipinski definition) is 4. The molecular formula is C17H30N4O5.